The van der Waals surface area contributed by atoms with Crippen LogP contribution in [0, 0.1) is 0 Å². The molecule has 0 amide bonds. The molecule has 1 aliphatic rings. The lowest BCUT2D eigenvalue weighted by molar-refractivity contribution is 0.639. The molecule has 0 aromatic heterocycles. The van der Waals surface area contributed by atoms with E-state index in [0.29, 0.717) is 0 Å². The summed E-state index contributed by atoms with van der Waals surface area (Å²) in [5.74, 6) is 1.11. The zero-order chi connectivity index (χ0) is 14.5. The maximum Gasteiger partial charge on any atom is 0.0968 e. The lowest BCUT2D eigenvalue weighted by Gasteiger charge is -2.21. The minimum atomic E-state index is 0.165. The molecular weight excluding hydrogens is 280 g/mol. The van der Waals surface area contributed by atoms with Gasteiger partial charge in [0, 0.05) is 18.0 Å². The Balaban J connectivity index is 1.85. The van der Waals surface area contributed by atoms with Crippen LogP contribution >= 0.6 is 11.6 Å². The average molecular weight is 299 g/mol. The number of hydrogen-bond donors (Lipinski definition) is 1. The minimum absolute atomic E-state index is 0.165. The topological polar surface area (TPSA) is 24.4 Å². The lowest BCUT2D eigenvalue weighted by Crippen LogP contribution is -2.29. The number of hydrogen-bond acceptors (Lipinski definition) is 2. The quantitative estimate of drug-likeness (QED) is 0.888. The first-order valence-electron chi connectivity index (χ1n) is 7.41. The van der Waals surface area contributed by atoms with Gasteiger partial charge in [0.1, 0.15) is 0 Å². The fourth-order valence-electron chi connectivity index (χ4n) is 2.70. The summed E-state index contributed by atoms with van der Waals surface area (Å²) in [7, 11) is 0. The molecular formula is C18H19ClN2. The van der Waals surface area contributed by atoms with Crippen LogP contribution in [0.2, 0.25) is 5.02 Å². The van der Waals surface area contributed by atoms with Gasteiger partial charge in [0.25, 0.3) is 0 Å². The molecule has 0 saturated heterocycles. The van der Waals surface area contributed by atoms with Gasteiger partial charge in [-0.15, -0.1) is 0 Å². The lowest BCUT2D eigenvalue weighted by atomic mass is 9.98. The second-order valence-corrected chi connectivity index (χ2v) is 5.75. The van der Waals surface area contributed by atoms with E-state index in [-0.39, 0.29) is 6.04 Å². The van der Waals surface area contributed by atoms with Crippen molar-refractivity contribution in [2.75, 3.05) is 6.54 Å². The molecule has 0 saturated carbocycles. The van der Waals surface area contributed by atoms with Crippen molar-refractivity contribution < 1.29 is 0 Å². The van der Waals surface area contributed by atoms with Crippen molar-refractivity contribution in [3.05, 3.63) is 70.7 Å². The molecule has 0 radical (unpaired) electrons. The Labute approximate surface area is 130 Å². The van der Waals surface area contributed by atoms with Gasteiger partial charge in [-0.1, -0.05) is 60.1 Å². The van der Waals surface area contributed by atoms with Crippen LogP contribution in [-0.4, -0.2) is 12.4 Å². The molecule has 0 aliphatic carbocycles. The van der Waals surface area contributed by atoms with Gasteiger partial charge >= 0.3 is 0 Å². The third-order valence-corrected chi connectivity index (χ3v) is 4.12. The summed E-state index contributed by atoms with van der Waals surface area (Å²) in [6.07, 6.45) is 3.09. The Morgan fingerprint density at radius 2 is 1.81 bits per heavy atom. The largest absolute Gasteiger partial charge is 0.367 e. The van der Waals surface area contributed by atoms with Crippen molar-refractivity contribution in [1.82, 2.24) is 5.32 Å². The standard InChI is InChI=1S/C18H19ClN2/c19-16-10-5-4-9-15(16)17(21-18-11-6-12-20-18)13-14-7-2-1-3-8-14/h1-5,7-10,17H,6,11-13H2,(H,20,21). The normalized spacial score (nSPS) is 15.6. The summed E-state index contributed by atoms with van der Waals surface area (Å²) in [4.78, 5) is 4.53. The first kappa shape index (κ1) is 14.2. The number of aliphatic imine (C=N–C) groups is 1. The Morgan fingerprint density at radius 1 is 1.05 bits per heavy atom. The number of benzene rings is 2. The van der Waals surface area contributed by atoms with E-state index in [4.69, 9.17) is 11.6 Å². The molecule has 1 N–H and O–H groups in total. The molecule has 0 fully saturated rings. The number of amidine groups is 1. The molecule has 0 bridgehead atoms. The van der Waals surface area contributed by atoms with Crippen molar-refractivity contribution >= 4 is 17.4 Å². The van der Waals surface area contributed by atoms with E-state index < -0.39 is 0 Å². The molecule has 1 atom stereocenters. The third kappa shape index (κ3) is 3.64. The summed E-state index contributed by atoms with van der Waals surface area (Å²) in [5, 5.41) is 4.40. The maximum absolute atomic E-state index is 6.39. The zero-order valence-corrected chi connectivity index (χ0v) is 12.7. The van der Waals surface area contributed by atoms with Crippen molar-refractivity contribution in [2.24, 2.45) is 4.99 Å². The van der Waals surface area contributed by atoms with Crippen molar-refractivity contribution in [3.8, 4) is 0 Å². The summed E-state index contributed by atoms with van der Waals surface area (Å²) >= 11 is 6.39. The predicted octanol–water partition coefficient (Wildman–Crippen LogP) is 4.41. The van der Waals surface area contributed by atoms with Crippen molar-refractivity contribution in [1.29, 1.82) is 0 Å². The van der Waals surface area contributed by atoms with Crippen molar-refractivity contribution in [3.63, 3.8) is 0 Å². The van der Waals surface area contributed by atoms with E-state index in [1.165, 1.54) is 5.56 Å². The van der Waals surface area contributed by atoms with Gasteiger partial charge in [-0.2, -0.15) is 0 Å². The van der Waals surface area contributed by atoms with Gasteiger partial charge in [0.2, 0.25) is 0 Å². The minimum Gasteiger partial charge on any atom is -0.367 e. The van der Waals surface area contributed by atoms with Gasteiger partial charge < -0.3 is 5.32 Å². The molecule has 2 aromatic rings. The molecule has 1 unspecified atom stereocenters. The van der Waals surface area contributed by atoms with E-state index in [0.717, 1.165) is 42.2 Å². The summed E-state index contributed by atoms with van der Waals surface area (Å²) in [6.45, 7) is 0.933. The number of halogens is 1. The van der Waals surface area contributed by atoms with Gasteiger partial charge in [-0.25, -0.2) is 0 Å². The third-order valence-electron chi connectivity index (χ3n) is 3.78. The second-order valence-electron chi connectivity index (χ2n) is 5.34. The van der Waals surface area contributed by atoms with Crippen LogP contribution in [-0.2, 0) is 6.42 Å². The SMILES string of the molecule is Clc1ccccc1C(Cc1ccccc1)NC1=NCCC1. The summed E-state index contributed by atoms with van der Waals surface area (Å²) in [5.41, 5.74) is 2.44. The van der Waals surface area contributed by atoms with Crippen LogP contribution in [0.4, 0.5) is 0 Å². The fourth-order valence-corrected chi connectivity index (χ4v) is 2.97. The van der Waals surface area contributed by atoms with Crippen LogP contribution in [0.3, 0.4) is 0 Å². The van der Waals surface area contributed by atoms with Gasteiger partial charge in [0.05, 0.1) is 11.9 Å². The molecule has 2 nitrogen and oxygen atoms in total. The fraction of sp³-hybridized carbons (Fsp3) is 0.278. The van der Waals surface area contributed by atoms with Gasteiger partial charge in [-0.05, 0) is 30.0 Å². The highest BCUT2D eigenvalue weighted by atomic mass is 35.5. The maximum atomic E-state index is 6.39. The second kappa shape index (κ2) is 6.77. The molecule has 3 heteroatoms. The highest BCUT2D eigenvalue weighted by molar-refractivity contribution is 6.31. The molecule has 108 valence electrons. The number of rotatable bonds is 4. The predicted molar refractivity (Wildman–Crippen MR) is 89.0 cm³/mol. The van der Waals surface area contributed by atoms with E-state index >= 15 is 0 Å². The monoisotopic (exact) mass is 298 g/mol. The first-order valence-corrected chi connectivity index (χ1v) is 7.79. The highest BCUT2D eigenvalue weighted by Gasteiger charge is 2.18. The van der Waals surface area contributed by atoms with Crippen LogP contribution in [0.25, 0.3) is 0 Å². The number of nitrogens with one attached hydrogen (secondary N) is 1. The van der Waals surface area contributed by atoms with Crippen molar-refractivity contribution in [2.45, 2.75) is 25.3 Å². The molecule has 21 heavy (non-hydrogen) atoms. The first-order chi connectivity index (χ1) is 10.3. The Morgan fingerprint density at radius 3 is 2.52 bits per heavy atom. The van der Waals surface area contributed by atoms with Crippen LogP contribution in [0.15, 0.2) is 59.6 Å². The number of nitrogens with zero attached hydrogens (tertiary/aromatic N) is 1. The van der Waals surface area contributed by atoms with Gasteiger partial charge in [0.15, 0.2) is 0 Å². The van der Waals surface area contributed by atoms with E-state index in [1.54, 1.807) is 0 Å². The highest BCUT2D eigenvalue weighted by Crippen LogP contribution is 2.26. The zero-order valence-electron chi connectivity index (χ0n) is 11.9. The summed E-state index contributed by atoms with van der Waals surface area (Å²) < 4.78 is 0. The molecule has 2 aromatic carbocycles. The van der Waals surface area contributed by atoms with Crippen LogP contribution < -0.4 is 5.32 Å². The summed E-state index contributed by atoms with van der Waals surface area (Å²) in [6, 6.07) is 18.7. The average Bonchev–Trinajstić information content (AvgIpc) is 3.01. The van der Waals surface area contributed by atoms with E-state index in [1.807, 2.05) is 24.3 Å². The van der Waals surface area contributed by atoms with Crippen LogP contribution in [0.5, 0.6) is 0 Å². The Hall–Kier alpha value is -1.80. The van der Waals surface area contributed by atoms with Gasteiger partial charge in [-0.3, -0.25) is 4.99 Å². The van der Waals surface area contributed by atoms with E-state index in [9.17, 15) is 0 Å². The smallest absolute Gasteiger partial charge is 0.0968 e. The molecule has 3 rings (SSSR count). The molecule has 1 heterocycles. The Bertz CT molecular complexity index is 622. The molecule has 1 aliphatic heterocycles. The molecule has 0 spiro atoms. The Kier molecular flexibility index (Phi) is 4.56. The van der Waals surface area contributed by atoms with E-state index in [2.05, 4.69) is 40.6 Å². The van der Waals surface area contributed by atoms with Crippen LogP contribution in [0.1, 0.15) is 30.0 Å².